The quantitative estimate of drug-likeness (QED) is 0.723. The number of likely N-dealkylation sites (tertiary alicyclic amines) is 1. The lowest BCUT2D eigenvalue weighted by molar-refractivity contribution is 0.0706. The Morgan fingerprint density at radius 3 is 2.62 bits per heavy atom. The minimum atomic E-state index is -0.488. The third kappa shape index (κ3) is 3.20. The van der Waals surface area contributed by atoms with Crippen molar-refractivity contribution in [2.75, 3.05) is 13.1 Å². The van der Waals surface area contributed by atoms with Crippen molar-refractivity contribution in [3.05, 3.63) is 65.9 Å². The van der Waals surface area contributed by atoms with E-state index in [1.54, 1.807) is 23.2 Å². The Hall–Kier alpha value is -3.09. The molecule has 1 saturated heterocycles. The number of amides is 1. The maximum atomic E-state index is 13.8. The molecule has 1 aromatic carbocycles. The van der Waals surface area contributed by atoms with Gasteiger partial charge in [0.05, 0.1) is 5.56 Å². The zero-order valence-corrected chi connectivity index (χ0v) is 14.0. The summed E-state index contributed by atoms with van der Waals surface area (Å²) < 4.78 is 19.1. The number of aromatic nitrogens is 3. The number of halogens is 1. The third-order valence-electron chi connectivity index (χ3n) is 4.58. The smallest absolute Gasteiger partial charge is 0.276 e. The summed E-state index contributed by atoms with van der Waals surface area (Å²) in [6.07, 6.45) is 3.09. The van der Waals surface area contributed by atoms with Crippen molar-refractivity contribution in [3.63, 3.8) is 0 Å². The number of carbonyl (C=O) groups is 1. The van der Waals surface area contributed by atoms with Crippen molar-refractivity contribution >= 4 is 5.91 Å². The first-order valence-electron chi connectivity index (χ1n) is 8.51. The summed E-state index contributed by atoms with van der Waals surface area (Å²) in [6, 6.07) is 11.6. The Kier molecular flexibility index (Phi) is 4.43. The van der Waals surface area contributed by atoms with Crippen molar-refractivity contribution in [2.45, 2.75) is 18.8 Å². The van der Waals surface area contributed by atoms with E-state index < -0.39 is 5.82 Å². The van der Waals surface area contributed by atoms with Crippen molar-refractivity contribution in [3.8, 4) is 11.6 Å². The Bertz CT molecular complexity index is 905. The van der Waals surface area contributed by atoms with Crippen LogP contribution in [0.25, 0.3) is 11.6 Å². The maximum Gasteiger partial charge on any atom is 0.276 e. The van der Waals surface area contributed by atoms with Gasteiger partial charge in [-0.05, 0) is 37.1 Å². The molecule has 0 saturated carbocycles. The van der Waals surface area contributed by atoms with Gasteiger partial charge >= 0.3 is 0 Å². The van der Waals surface area contributed by atoms with Crippen LogP contribution in [0.4, 0.5) is 4.39 Å². The Labute approximate surface area is 149 Å². The second-order valence-corrected chi connectivity index (χ2v) is 6.22. The van der Waals surface area contributed by atoms with Gasteiger partial charge in [0, 0.05) is 25.2 Å². The van der Waals surface area contributed by atoms with Crippen LogP contribution in [0.1, 0.15) is 34.9 Å². The number of piperidine rings is 1. The van der Waals surface area contributed by atoms with Crippen molar-refractivity contribution < 1.29 is 13.7 Å². The van der Waals surface area contributed by atoms with Crippen LogP contribution in [0.2, 0.25) is 0 Å². The van der Waals surface area contributed by atoms with Crippen LogP contribution < -0.4 is 0 Å². The molecule has 26 heavy (non-hydrogen) atoms. The number of nitrogens with zero attached hydrogens (tertiary/aromatic N) is 4. The van der Waals surface area contributed by atoms with Crippen LogP contribution in [-0.2, 0) is 0 Å². The second-order valence-electron chi connectivity index (χ2n) is 6.22. The summed E-state index contributed by atoms with van der Waals surface area (Å²) in [5.41, 5.74) is 0.751. The molecular weight excluding hydrogens is 335 g/mol. The number of carbonyl (C=O) groups excluding carboxylic acids is 1. The lowest BCUT2D eigenvalue weighted by Gasteiger charge is -2.30. The zero-order chi connectivity index (χ0) is 17.9. The molecule has 0 bridgehead atoms. The zero-order valence-electron chi connectivity index (χ0n) is 14.0. The summed E-state index contributed by atoms with van der Waals surface area (Å²) in [6.45, 7) is 1.07. The van der Waals surface area contributed by atoms with E-state index in [2.05, 4.69) is 15.1 Å². The van der Waals surface area contributed by atoms with Crippen molar-refractivity contribution in [2.24, 2.45) is 0 Å². The molecule has 0 spiro atoms. The Morgan fingerprint density at radius 1 is 1.12 bits per heavy atom. The van der Waals surface area contributed by atoms with E-state index in [9.17, 15) is 9.18 Å². The second kappa shape index (κ2) is 7.03. The van der Waals surface area contributed by atoms with Crippen molar-refractivity contribution in [1.29, 1.82) is 0 Å². The predicted molar refractivity (Wildman–Crippen MR) is 91.8 cm³/mol. The topological polar surface area (TPSA) is 72.1 Å². The highest BCUT2D eigenvalue weighted by atomic mass is 19.1. The first-order valence-corrected chi connectivity index (χ1v) is 8.51. The monoisotopic (exact) mass is 352 g/mol. The third-order valence-corrected chi connectivity index (χ3v) is 4.58. The van der Waals surface area contributed by atoms with Gasteiger partial charge in [-0.2, -0.15) is 4.98 Å². The van der Waals surface area contributed by atoms with Crippen LogP contribution in [-0.4, -0.2) is 39.0 Å². The number of hydrogen-bond donors (Lipinski definition) is 0. The summed E-state index contributed by atoms with van der Waals surface area (Å²) in [4.78, 5) is 22.8. The SMILES string of the molecule is O=C(c1ccccc1F)N1CCC(c2noc(-c3ccccn3)n2)CC1. The molecule has 1 fully saturated rings. The van der Waals surface area contributed by atoms with E-state index in [1.807, 2.05) is 18.2 Å². The highest BCUT2D eigenvalue weighted by Gasteiger charge is 2.28. The highest BCUT2D eigenvalue weighted by Crippen LogP contribution is 2.28. The van der Waals surface area contributed by atoms with Crippen LogP contribution in [0.3, 0.4) is 0 Å². The predicted octanol–water partition coefficient (Wildman–Crippen LogP) is 3.29. The number of hydrogen-bond acceptors (Lipinski definition) is 5. The molecule has 7 heteroatoms. The Morgan fingerprint density at radius 2 is 1.88 bits per heavy atom. The first kappa shape index (κ1) is 16.4. The van der Waals surface area contributed by atoms with E-state index in [1.165, 1.54) is 12.1 Å². The molecular formula is C19H17FN4O2. The van der Waals surface area contributed by atoms with E-state index in [-0.39, 0.29) is 17.4 Å². The van der Waals surface area contributed by atoms with Gasteiger partial charge in [0.2, 0.25) is 0 Å². The molecule has 1 aliphatic heterocycles. The van der Waals surface area contributed by atoms with Gasteiger partial charge in [0.15, 0.2) is 5.82 Å². The fraction of sp³-hybridized carbons (Fsp3) is 0.263. The van der Waals surface area contributed by atoms with Gasteiger partial charge in [-0.3, -0.25) is 9.78 Å². The van der Waals surface area contributed by atoms with Gasteiger partial charge in [0.1, 0.15) is 11.5 Å². The Balaban J connectivity index is 1.42. The largest absolute Gasteiger partial charge is 0.339 e. The van der Waals surface area contributed by atoms with E-state index in [0.29, 0.717) is 43.3 Å². The molecule has 1 aliphatic rings. The molecule has 0 unspecified atom stereocenters. The molecule has 0 aliphatic carbocycles. The van der Waals surface area contributed by atoms with Crippen LogP contribution in [0.5, 0.6) is 0 Å². The molecule has 3 aromatic rings. The van der Waals surface area contributed by atoms with E-state index in [0.717, 1.165) is 0 Å². The fourth-order valence-electron chi connectivity index (χ4n) is 3.14. The summed E-state index contributed by atoms with van der Waals surface area (Å²) in [5, 5.41) is 4.07. The molecule has 0 atom stereocenters. The van der Waals surface area contributed by atoms with Gasteiger partial charge in [-0.25, -0.2) is 4.39 Å². The lowest BCUT2D eigenvalue weighted by atomic mass is 9.95. The summed E-state index contributed by atoms with van der Waals surface area (Å²) in [5.74, 6) is 0.372. The standard InChI is InChI=1S/C19H17FN4O2/c20-15-6-2-1-5-14(15)19(25)24-11-8-13(9-12-24)17-22-18(26-23-17)16-7-3-4-10-21-16/h1-7,10,13H,8-9,11-12H2. The lowest BCUT2D eigenvalue weighted by Crippen LogP contribution is -2.38. The van der Waals surface area contributed by atoms with Crippen LogP contribution in [0.15, 0.2) is 53.2 Å². The number of benzene rings is 1. The number of pyridine rings is 1. The average molecular weight is 352 g/mol. The molecule has 6 nitrogen and oxygen atoms in total. The molecule has 3 heterocycles. The molecule has 132 valence electrons. The normalized spacial score (nSPS) is 15.2. The summed E-state index contributed by atoms with van der Waals surface area (Å²) in [7, 11) is 0. The molecule has 4 rings (SSSR count). The average Bonchev–Trinajstić information content (AvgIpc) is 3.19. The van der Waals surface area contributed by atoms with Crippen molar-refractivity contribution in [1.82, 2.24) is 20.0 Å². The van der Waals surface area contributed by atoms with Gasteiger partial charge in [-0.15, -0.1) is 0 Å². The van der Waals surface area contributed by atoms with Gasteiger partial charge in [0.25, 0.3) is 11.8 Å². The summed E-state index contributed by atoms with van der Waals surface area (Å²) >= 11 is 0. The molecule has 0 N–H and O–H groups in total. The highest BCUT2D eigenvalue weighted by molar-refractivity contribution is 5.94. The van der Waals surface area contributed by atoms with E-state index >= 15 is 0 Å². The minimum absolute atomic E-state index is 0.112. The van der Waals surface area contributed by atoms with Crippen LogP contribution >= 0.6 is 0 Å². The van der Waals surface area contributed by atoms with Gasteiger partial charge < -0.3 is 9.42 Å². The minimum Gasteiger partial charge on any atom is -0.339 e. The maximum absolute atomic E-state index is 13.8. The fourth-order valence-corrected chi connectivity index (χ4v) is 3.14. The van der Waals surface area contributed by atoms with E-state index in [4.69, 9.17) is 4.52 Å². The van der Waals surface area contributed by atoms with Crippen LogP contribution in [0, 0.1) is 5.82 Å². The molecule has 1 amide bonds. The molecule has 0 radical (unpaired) electrons. The first-order chi connectivity index (χ1) is 12.7. The molecule has 2 aromatic heterocycles. The number of rotatable bonds is 3. The van der Waals surface area contributed by atoms with Gasteiger partial charge in [-0.1, -0.05) is 23.4 Å².